The molecule has 2 saturated carbocycles. The van der Waals surface area contributed by atoms with E-state index >= 15 is 0 Å². The third-order valence-electron chi connectivity index (χ3n) is 14.0. The third-order valence-corrected chi connectivity index (χ3v) is 16.5. The Bertz CT molecular complexity index is 2430. The zero-order chi connectivity index (χ0) is 44.3. The molecule has 8 rings (SSSR count). The Morgan fingerprint density at radius 1 is 0.984 bits per heavy atom. The zero-order valence-electron chi connectivity index (χ0n) is 35.9. The van der Waals surface area contributed by atoms with E-state index in [4.69, 9.17) is 16.2 Å². The maximum Gasteiger partial charge on any atom is 0.165 e. The summed E-state index contributed by atoms with van der Waals surface area (Å²) in [5, 5.41) is 44.3. The molecule has 0 radical (unpaired) electrons. The number of nitrogens with one attached hydrogen (secondary N) is 1. The minimum Gasteiger partial charge on any atom is -0.508 e. The van der Waals surface area contributed by atoms with Crippen LogP contribution in [0.15, 0.2) is 72.9 Å². The number of aromatic hydroxyl groups is 2. The monoisotopic (exact) mass is 889 g/mol. The van der Waals surface area contributed by atoms with Crippen molar-refractivity contribution in [1.82, 2.24) is 4.98 Å². The van der Waals surface area contributed by atoms with Gasteiger partial charge < -0.3 is 41.6 Å². The molecule has 9 N–H and O–H groups in total. The van der Waals surface area contributed by atoms with Gasteiger partial charge in [-0.15, -0.1) is 0 Å². The van der Waals surface area contributed by atoms with Gasteiger partial charge in [0.05, 0.1) is 31.4 Å². The molecule has 2 fully saturated rings. The van der Waals surface area contributed by atoms with Gasteiger partial charge in [-0.25, -0.2) is 0 Å². The molecule has 3 aromatic carbocycles. The van der Waals surface area contributed by atoms with Crippen LogP contribution < -0.4 is 16.2 Å². The summed E-state index contributed by atoms with van der Waals surface area (Å²) in [7, 11) is 3.42. The number of allylic oxidation sites excluding steroid dienone is 2. The molecule has 4 aliphatic rings. The molecule has 0 saturated heterocycles. The second kappa shape index (κ2) is 19.3. The van der Waals surface area contributed by atoms with Crippen LogP contribution in [0, 0.1) is 28.6 Å². The van der Waals surface area contributed by atoms with Crippen molar-refractivity contribution in [3.05, 3.63) is 123 Å². The first-order chi connectivity index (χ1) is 30.3. The van der Waals surface area contributed by atoms with E-state index in [2.05, 4.69) is 29.0 Å². The number of carbonyl (C=O) groups is 2. The van der Waals surface area contributed by atoms with Crippen LogP contribution in [0.5, 0.6) is 17.2 Å². The number of aliphatic hydroxyl groups excluding tert-OH is 2. The number of hydrogen-bond acceptors (Lipinski definition) is 11. The molecule has 332 valence electrons. The van der Waals surface area contributed by atoms with Crippen LogP contribution in [0.4, 0.5) is 0 Å². The molecule has 6 atom stereocenters. The number of ketones is 2. The number of hydrogen-bond donors (Lipinski definition) is 7. The molecule has 2 heterocycles. The summed E-state index contributed by atoms with van der Waals surface area (Å²) in [6, 6.07) is 16.4. The van der Waals surface area contributed by atoms with E-state index in [1.54, 1.807) is 58.1 Å². The number of fused-ring (bicyclic) bond motifs is 7. The van der Waals surface area contributed by atoms with Crippen molar-refractivity contribution in [2.75, 3.05) is 12.4 Å². The first kappa shape index (κ1) is 45.1. The van der Waals surface area contributed by atoms with E-state index in [9.17, 15) is 30.0 Å². The Labute approximate surface area is 378 Å². The highest BCUT2D eigenvalue weighted by molar-refractivity contribution is 8.76. The Morgan fingerprint density at radius 2 is 1.79 bits per heavy atom. The van der Waals surface area contributed by atoms with E-state index in [1.807, 2.05) is 31.2 Å². The largest absolute Gasteiger partial charge is 0.508 e. The normalized spacial score (nSPS) is 26.3. The molecule has 3 aliphatic carbocycles. The van der Waals surface area contributed by atoms with Crippen LogP contribution in [-0.4, -0.2) is 61.5 Å². The quantitative estimate of drug-likeness (QED) is 0.0579. The van der Waals surface area contributed by atoms with Gasteiger partial charge in [-0.2, -0.15) is 0 Å². The fourth-order valence-electron chi connectivity index (χ4n) is 10.6. The molecule has 0 spiro atoms. The number of nitrogens with two attached hydrogens (primary N) is 2. The standard InChI is InChI=1S/C51H59N3O7S2/c1-31(55)4-2-6-36-14-18-51-29-50(36,27-48(51)60)19-15-37(56)11-8-32-10-13-45(58)47(23-32)61-21-17-33-9-12-44(57)42(22-33)41-26-46(59)38-16-20-54-43(38)7-3-5-34-24-40(49(52)53)35(25-39(34)41)28-62-63-30-51/h9-10,12-13,15-16,19-20,22-25,31,36,41,48-49,54-55,57-58,60H,2,4,6-8,11,14,17-18,21,26-30,52-53H2,1H3/b19-15-/t31-,36-,41+,48+,50-,51-/m0/s1. The van der Waals surface area contributed by atoms with E-state index in [0.717, 1.165) is 77.8 Å². The lowest BCUT2D eigenvalue weighted by Gasteiger charge is -2.44. The Hall–Kier alpha value is -4.48. The number of aromatic nitrogens is 1. The van der Waals surface area contributed by atoms with Crippen LogP contribution >= 0.6 is 21.6 Å². The Kier molecular flexibility index (Phi) is 13.8. The smallest absolute Gasteiger partial charge is 0.165 e. The molecule has 8 bridgehead atoms. The van der Waals surface area contributed by atoms with Gasteiger partial charge in [0.25, 0.3) is 0 Å². The maximum absolute atomic E-state index is 14.2. The van der Waals surface area contributed by atoms with Gasteiger partial charge in [0, 0.05) is 70.7 Å². The number of aromatic amines is 1. The van der Waals surface area contributed by atoms with Gasteiger partial charge in [0.1, 0.15) is 5.75 Å². The molecule has 4 aromatic rings. The zero-order valence-corrected chi connectivity index (χ0v) is 37.5. The Morgan fingerprint density at radius 3 is 2.60 bits per heavy atom. The maximum atomic E-state index is 14.2. The van der Waals surface area contributed by atoms with Gasteiger partial charge >= 0.3 is 0 Å². The predicted molar refractivity (Wildman–Crippen MR) is 250 cm³/mol. The topological polar surface area (TPSA) is 192 Å². The minimum atomic E-state index is -0.787. The van der Waals surface area contributed by atoms with Crippen molar-refractivity contribution < 1.29 is 34.8 Å². The number of Topliss-reactive ketones (excluding diaryl/α,β-unsaturated/α-hetero) is 1. The van der Waals surface area contributed by atoms with Gasteiger partial charge in [0.15, 0.2) is 23.1 Å². The van der Waals surface area contributed by atoms with E-state index in [-0.39, 0.29) is 59.4 Å². The number of aliphatic hydroxyl groups is 2. The average molecular weight is 890 g/mol. The van der Waals surface area contributed by atoms with Crippen molar-refractivity contribution in [2.45, 2.75) is 114 Å². The van der Waals surface area contributed by atoms with Crippen LogP contribution in [-0.2, 0) is 29.8 Å². The molecular formula is C51H59N3O7S2. The number of benzene rings is 3. The lowest BCUT2D eigenvalue weighted by molar-refractivity contribution is -0.114. The van der Waals surface area contributed by atoms with E-state index in [0.29, 0.717) is 59.8 Å². The third kappa shape index (κ3) is 9.95. The first-order valence-electron chi connectivity index (χ1n) is 22.3. The summed E-state index contributed by atoms with van der Waals surface area (Å²) < 4.78 is 6.14. The number of ether oxygens (including phenoxy) is 1. The van der Waals surface area contributed by atoms with Gasteiger partial charge in [-0.3, -0.25) is 9.59 Å². The first-order valence-corrected chi connectivity index (χ1v) is 24.8. The SMILES string of the molecule is C[C@H](O)CCC[C@H]1CC[C@]23CSSCc4cc5c(cc4C(N)N)C#CCc4[nH]ccc4C(=O)C[C@H]5c4cc(ccc4O)CCOc4cc(ccc4O)CCC(=O)/C=C\[C@]1(C[C@H]2O)C3. The summed E-state index contributed by atoms with van der Waals surface area (Å²) in [5.74, 6) is 7.99. The number of H-pyrrole nitrogens is 1. The van der Waals surface area contributed by atoms with E-state index in [1.165, 1.54) is 0 Å². The molecule has 12 heteroatoms. The number of phenolic OH excluding ortho intramolecular Hbond substituents is 2. The lowest BCUT2D eigenvalue weighted by Crippen LogP contribution is -2.38. The van der Waals surface area contributed by atoms with Crippen molar-refractivity contribution in [2.24, 2.45) is 28.2 Å². The highest BCUT2D eigenvalue weighted by Gasteiger charge is 2.58. The highest BCUT2D eigenvalue weighted by Crippen LogP contribution is 2.64. The van der Waals surface area contributed by atoms with Gasteiger partial charge in [-0.05, 0) is 127 Å². The molecule has 1 aromatic heterocycles. The number of aryl methyl sites for hydroxylation is 1. The number of phenols is 2. The summed E-state index contributed by atoms with van der Waals surface area (Å²) in [5.41, 5.74) is 19.1. The Balaban J connectivity index is 1.18. The second-order valence-corrected chi connectivity index (χ2v) is 20.8. The molecule has 10 nitrogen and oxygen atoms in total. The van der Waals surface area contributed by atoms with Crippen molar-refractivity contribution in [1.29, 1.82) is 0 Å². The minimum absolute atomic E-state index is 0.000546. The van der Waals surface area contributed by atoms with E-state index < -0.39 is 18.2 Å². The highest BCUT2D eigenvalue weighted by atomic mass is 33.1. The summed E-state index contributed by atoms with van der Waals surface area (Å²) >= 11 is 0. The van der Waals surface area contributed by atoms with Crippen molar-refractivity contribution >= 4 is 33.2 Å². The molecule has 63 heavy (non-hydrogen) atoms. The summed E-state index contributed by atoms with van der Waals surface area (Å²) in [6.07, 6.45) is 11.3. The van der Waals surface area contributed by atoms with Gasteiger partial charge in [-0.1, -0.05) is 70.2 Å². The molecule has 1 aliphatic heterocycles. The van der Waals surface area contributed by atoms with Crippen LogP contribution in [0.1, 0.15) is 132 Å². The summed E-state index contributed by atoms with van der Waals surface area (Å²) in [4.78, 5) is 30.9. The van der Waals surface area contributed by atoms with Crippen LogP contribution in [0.2, 0.25) is 0 Å². The predicted octanol–water partition coefficient (Wildman–Crippen LogP) is 8.32. The van der Waals surface area contributed by atoms with Crippen molar-refractivity contribution in [3.8, 4) is 29.1 Å². The second-order valence-electron chi connectivity index (χ2n) is 18.3. The number of carbonyl (C=O) groups excluding carboxylic acids is 2. The fraction of sp³-hybridized carbons (Fsp3) is 0.451. The molecule has 0 amide bonds. The lowest BCUT2D eigenvalue weighted by atomic mass is 9.62. The average Bonchev–Trinajstić information content (AvgIpc) is 3.82. The molecular weight excluding hydrogens is 831 g/mol. The molecule has 0 unspecified atom stereocenters. The fourth-order valence-corrected chi connectivity index (χ4v) is 13.4. The van der Waals surface area contributed by atoms with Crippen molar-refractivity contribution in [3.63, 3.8) is 0 Å². The van der Waals surface area contributed by atoms with Gasteiger partial charge in [0.2, 0.25) is 0 Å². The van der Waals surface area contributed by atoms with Crippen LogP contribution in [0.25, 0.3) is 0 Å². The number of rotatable bonds is 5. The van der Waals surface area contributed by atoms with Crippen LogP contribution in [0.3, 0.4) is 0 Å². The summed E-state index contributed by atoms with van der Waals surface area (Å²) in [6.45, 7) is 2.05.